The number of halogens is 1. The lowest BCUT2D eigenvalue weighted by Gasteiger charge is -2.14. The van der Waals surface area contributed by atoms with Gasteiger partial charge >= 0.3 is 5.97 Å². The molecule has 0 spiro atoms. The number of hydrogen-bond acceptors (Lipinski definition) is 4. The monoisotopic (exact) mass is 498 g/mol. The highest BCUT2D eigenvalue weighted by molar-refractivity contribution is 6.30. The minimum absolute atomic E-state index is 0.0205. The van der Waals surface area contributed by atoms with Gasteiger partial charge in [0.15, 0.2) is 5.78 Å². The molecule has 0 unspecified atom stereocenters. The van der Waals surface area contributed by atoms with E-state index in [0.29, 0.717) is 18.7 Å². The summed E-state index contributed by atoms with van der Waals surface area (Å²) in [6, 6.07) is 26.0. The van der Waals surface area contributed by atoms with Crippen LogP contribution in [-0.4, -0.2) is 21.8 Å². The molecule has 1 aromatic heterocycles. The van der Waals surface area contributed by atoms with E-state index in [0.717, 1.165) is 44.1 Å². The van der Waals surface area contributed by atoms with Gasteiger partial charge in [0, 0.05) is 41.9 Å². The molecule has 0 atom stereocenters. The van der Waals surface area contributed by atoms with E-state index < -0.39 is 5.97 Å². The molecule has 182 valence electrons. The Morgan fingerprint density at radius 3 is 2.17 bits per heavy atom. The van der Waals surface area contributed by atoms with Gasteiger partial charge in [-0.3, -0.25) is 14.6 Å². The van der Waals surface area contributed by atoms with E-state index in [-0.39, 0.29) is 18.6 Å². The standard InChI is InChI=1S/C30H27ClN2O3/c1-20-5-6-23(18-32-26-14-9-22(10-15-26)21-7-12-25(31)13-8-21)27(17-20)24-11-16-28(33-19-24)29(34)3-2-4-30(35)36/h5-17,19,32H,2-4,18H2,1H3,(H,35,36). The Kier molecular flexibility index (Phi) is 8.13. The van der Waals surface area contributed by atoms with E-state index in [4.69, 9.17) is 16.7 Å². The van der Waals surface area contributed by atoms with Gasteiger partial charge in [-0.15, -0.1) is 0 Å². The molecule has 0 aliphatic carbocycles. The van der Waals surface area contributed by atoms with Gasteiger partial charge in [-0.05, 0) is 65.9 Å². The fraction of sp³-hybridized carbons (Fsp3) is 0.167. The Morgan fingerprint density at radius 2 is 1.53 bits per heavy atom. The first kappa shape index (κ1) is 25.1. The van der Waals surface area contributed by atoms with Crippen LogP contribution in [0.15, 0.2) is 85.1 Å². The van der Waals surface area contributed by atoms with Crippen LogP contribution in [0.25, 0.3) is 22.3 Å². The summed E-state index contributed by atoms with van der Waals surface area (Å²) in [5.74, 6) is -1.04. The number of ketones is 1. The van der Waals surface area contributed by atoms with Crippen LogP contribution in [0, 0.1) is 6.92 Å². The number of hydrogen-bond donors (Lipinski definition) is 2. The number of aliphatic carboxylic acids is 1. The summed E-state index contributed by atoms with van der Waals surface area (Å²) in [5.41, 5.74) is 7.84. The third-order valence-electron chi connectivity index (χ3n) is 5.97. The van der Waals surface area contributed by atoms with Crippen molar-refractivity contribution in [3.8, 4) is 22.3 Å². The average molecular weight is 499 g/mol. The molecule has 0 saturated heterocycles. The number of Topliss-reactive ketones (excluding diaryl/α,β-unsaturated/α-hetero) is 1. The molecule has 6 heteroatoms. The number of benzene rings is 3. The molecule has 0 saturated carbocycles. The second-order valence-corrected chi connectivity index (χ2v) is 9.14. The number of rotatable bonds is 10. The van der Waals surface area contributed by atoms with Gasteiger partial charge in [-0.2, -0.15) is 0 Å². The van der Waals surface area contributed by atoms with Gasteiger partial charge in [-0.1, -0.05) is 65.7 Å². The number of nitrogens with one attached hydrogen (secondary N) is 1. The maximum absolute atomic E-state index is 12.3. The molecule has 5 nitrogen and oxygen atoms in total. The van der Waals surface area contributed by atoms with Crippen LogP contribution >= 0.6 is 11.6 Å². The summed E-state index contributed by atoms with van der Waals surface area (Å²) in [7, 11) is 0. The van der Waals surface area contributed by atoms with E-state index >= 15 is 0 Å². The smallest absolute Gasteiger partial charge is 0.303 e. The Morgan fingerprint density at radius 1 is 0.861 bits per heavy atom. The number of carboxylic acid groups (broad SMARTS) is 1. The molecule has 2 N–H and O–H groups in total. The molecule has 0 aliphatic heterocycles. The third kappa shape index (κ3) is 6.58. The largest absolute Gasteiger partial charge is 0.481 e. The first-order valence-corrected chi connectivity index (χ1v) is 12.2. The highest BCUT2D eigenvalue weighted by Gasteiger charge is 2.11. The van der Waals surface area contributed by atoms with Crippen molar-refractivity contribution in [1.29, 1.82) is 0 Å². The van der Waals surface area contributed by atoms with Gasteiger partial charge in [0.2, 0.25) is 0 Å². The highest BCUT2D eigenvalue weighted by atomic mass is 35.5. The predicted molar refractivity (Wildman–Crippen MR) is 144 cm³/mol. The predicted octanol–water partition coefficient (Wildman–Crippen LogP) is 7.43. The molecular formula is C30H27ClN2O3. The second kappa shape index (κ2) is 11.6. The van der Waals surface area contributed by atoms with Crippen LogP contribution in [0.2, 0.25) is 5.02 Å². The number of carbonyl (C=O) groups is 2. The van der Waals surface area contributed by atoms with Crippen molar-refractivity contribution < 1.29 is 14.7 Å². The van der Waals surface area contributed by atoms with Crippen LogP contribution < -0.4 is 5.32 Å². The van der Waals surface area contributed by atoms with Crippen LogP contribution in [0.3, 0.4) is 0 Å². The Labute approximate surface area is 215 Å². The number of carbonyl (C=O) groups excluding carboxylic acids is 1. The Hall–Kier alpha value is -3.96. The number of pyridine rings is 1. The summed E-state index contributed by atoms with van der Waals surface area (Å²) >= 11 is 5.99. The first-order chi connectivity index (χ1) is 17.4. The van der Waals surface area contributed by atoms with E-state index in [1.54, 1.807) is 12.3 Å². The molecule has 3 aromatic carbocycles. The van der Waals surface area contributed by atoms with Crippen LogP contribution in [0.4, 0.5) is 5.69 Å². The third-order valence-corrected chi connectivity index (χ3v) is 6.22. The molecule has 1 heterocycles. The van der Waals surface area contributed by atoms with Crippen molar-refractivity contribution in [3.63, 3.8) is 0 Å². The lowest BCUT2D eigenvalue weighted by molar-refractivity contribution is -0.137. The summed E-state index contributed by atoms with van der Waals surface area (Å²) in [4.78, 5) is 27.3. The van der Waals surface area contributed by atoms with Crippen molar-refractivity contribution in [3.05, 3.63) is 107 Å². The molecule has 0 radical (unpaired) electrons. The van der Waals surface area contributed by atoms with Crippen molar-refractivity contribution in [2.75, 3.05) is 5.32 Å². The van der Waals surface area contributed by atoms with Gasteiger partial charge in [0.05, 0.1) is 0 Å². The van der Waals surface area contributed by atoms with Crippen molar-refractivity contribution in [2.45, 2.75) is 32.7 Å². The summed E-state index contributed by atoms with van der Waals surface area (Å²) in [6.45, 7) is 2.68. The minimum atomic E-state index is -0.899. The zero-order valence-electron chi connectivity index (χ0n) is 20.0. The van der Waals surface area contributed by atoms with Crippen LogP contribution in [-0.2, 0) is 11.3 Å². The van der Waals surface area contributed by atoms with Crippen molar-refractivity contribution >= 4 is 29.0 Å². The SMILES string of the molecule is Cc1ccc(CNc2ccc(-c3ccc(Cl)cc3)cc2)c(-c2ccc(C(=O)CCCC(=O)O)nc2)c1. The van der Waals surface area contributed by atoms with E-state index in [9.17, 15) is 9.59 Å². The minimum Gasteiger partial charge on any atom is -0.481 e. The van der Waals surface area contributed by atoms with E-state index in [1.807, 2.05) is 37.3 Å². The number of aromatic nitrogens is 1. The number of carboxylic acids is 1. The van der Waals surface area contributed by atoms with Crippen molar-refractivity contribution in [2.24, 2.45) is 0 Å². The second-order valence-electron chi connectivity index (χ2n) is 8.70. The van der Waals surface area contributed by atoms with Gasteiger partial charge in [0.1, 0.15) is 5.69 Å². The molecule has 0 amide bonds. The molecule has 36 heavy (non-hydrogen) atoms. The zero-order chi connectivity index (χ0) is 25.5. The van der Waals surface area contributed by atoms with E-state index in [1.165, 1.54) is 0 Å². The lowest BCUT2D eigenvalue weighted by atomic mass is 9.98. The van der Waals surface area contributed by atoms with E-state index in [2.05, 4.69) is 52.8 Å². The maximum atomic E-state index is 12.3. The van der Waals surface area contributed by atoms with Crippen LogP contribution in [0.1, 0.15) is 40.9 Å². The molecule has 4 rings (SSSR count). The van der Waals surface area contributed by atoms with Gasteiger partial charge < -0.3 is 10.4 Å². The lowest BCUT2D eigenvalue weighted by Crippen LogP contribution is -2.05. The fourth-order valence-corrected chi connectivity index (χ4v) is 4.11. The molecule has 0 fully saturated rings. The molecule has 4 aromatic rings. The zero-order valence-corrected chi connectivity index (χ0v) is 20.8. The highest BCUT2D eigenvalue weighted by Crippen LogP contribution is 2.27. The first-order valence-electron chi connectivity index (χ1n) is 11.8. The maximum Gasteiger partial charge on any atom is 0.303 e. The number of aryl methyl sites for hydroxylation is 1. The van der Waals surface area contributed by atoms with Gasteiger partial charge in [-0.25, -0.2) is 0 Å². The number of anilines is 1. The fourth-order valence-electron chi connectivity index (χ4n) is 3.98. The Balaban J connectivity index is 1.45. The normalized spacial score (nSPS) is 10.7. The van der Waals surface area contributed by atoms with Crippen LogP contribution in [0.5, 0.6) is 0 Å². The summed E-state index contributed by atoms with van der Waals surface area (Å²) in [5, 5.41) is 13.0. The average Bonchev–Trinajstić information content (AvgIpc) is 2.88. The van der Waals surface area contributed by atoms with Gasteiger partial charge in [0.25, 0.3) is 0 Å². The number of nitrogens with zero attached hydrogens (tertiary/aromatic N) is 1. The molecule has 0 aliphatic rings. The molecular weight excluding hydrogens is 472 g/mol. The molecule has 0 bridgehead atoms. The Bertz CT molecular complexity index is 1350. The quantitative estimate of drug-likeness (QED) is 0.222. The topological polar surface area (TPSA) is 79.3 Å². The summed E-state index contributed by atoms with van der Waals surface area (Å²) < 4.78 is 0. The summed E-state index contributed by atoms with van der Waals surface area (Å²) in [6.07, 6.45) is 2.18. The van der Waals surface area contributed by atoms with Crippen molar-refractivity contribution in [1.82, 2.24) is 4.98 Å².